The van der Waals surface area contributed by atoms with Crippen molar-refractivity contribution >= 4 is 11.9 Å². The molecule has 2 rings (SSSR count). The molecule has 21 heavy (non-hydrogen) atoms. The Kier molecular flexibility index (Phi) is 4.47. The van der Waals surface area contributed by atoms with E-state index in [1.165, 1.54) is 0 Å². The van der Waals surface area contributed by atoms with Crippen molar-refractivity contribution in [2.75, 3.05) is 0 Å². The molecule has 1 aliphatic heterocycles. The molecule has 1 aromatic carbocycles. The van der Waals surface area contributed by atoms with Gasteiger partial charge >= 0.3 is 0 Å². The Morgan fingerprint density at radius 2 is 1.90 bits per heavy atom. The van der Waals surface area contributed by atoms with Crippen molar-refractivity contribution in [2.24, 2.45) is 27.4 Å². The second-order valence-electron chi connectivity index (χ2n) is 5.81. The summed E-state index contributed by atoms with van der Waals surface area (Å²) in [5.41, 5.74) is 12.1. The van der Waals surface area contributed by atoms with E-state index in [1.807, 2.05) is 37.3 Å². The van der Waals surface area contributed by atoms with Gasteiger partial charge in [0, 0.05) is 0 Å². The molecule has 0 aromatic heterocycles. The van der Waals surface area contributed by atoms with Gasteiger partial charge in [-0.15, -0.1) is 0 Å². The first-order chi connectivity index (χ1) is 9.90. The maximum absolute atomic E-state index is 5.97. The lowest BCUT2D eigenvalue weighted by atomic mass is 9.99. The minimum absolute atomic E-state index is 0.190. The van der Waals surface area contributed by atoms with Gasteiger partial charge in [-0.05, 0) is 24.8 Å². The van der Waals surface area contributed by atoms with Crippen molar-refractivity contribution in [2.45, 2.75) is 39.5 Å². The van der Waals surface area contributed by atoms with Gasteiger partial charge in [0.05, 0.1) is 0 Å². The molecule has 0 amide bonds. The Balaban J connectivity index is 2.16. The van der Waals surface area contributed by atoms with E-state index in [4.69, 9.17) is 16.3 Å². The van der Waals surface area contributed by atoms with Crippen molar-refractivity contribution in [3.8, 4) is 0 Å². The fraction of sp³-hybridized carbons (Fsp3) is 0.467. The van der Waals surface area contributed by atoms with Crippen LogP contribution in [0.4, 0.5) is 0 Å². The molecule has 1 aromatic rings. The Bertz CT molecular complexity index is 540. The summed E-state index contributed by atoms with van der Waals surface area (Å²) in [5, 5.41) is 1.57. The summed E-state index contributed by atoms with van der Waals surface area (Å²) in [7, 11) is 0. The predicted molar refractivity (Wildman–Crippen MR) is 84.2 cm³/mol. The summed E-state index contributed by atoms with van der Waals surface area (Å²) in [6.45, 7) is 6.59. The highest BCUT2D eigenvalue weighted by atomic mass is 16.7. The van der Waals surface area contributed by atoms with Crippen LogP contribution in [0.3, 0.4) is 0 Å². The number of benzene rings is 1. The lowest BCUT2D eigenvalue weighted by Crippen LogP contribution is -2.55. The van der Waals surface area contributed by atoms with Crippen molar-refractivity contribution < 1.29 is 4.84 Å². The SMILES string of the molecule is CC(C)CC1(C)N=C(N)N=C(N)N1OCc1ccccc1. The van der Waals surface area contributed by atoms with Gasteiger partial charge in [0.1, 0.15) is 6.61 Å². The Morgan fingerprint density at radius 1 is 1.24 bits per heavy atom. The van der Waals surface area contributed by atoms with Crippen molar-refractivity contribution in [1.29, 1.82) is 0 Å². The van der Waals surface area contributed by atoms with Gasteiger partial charge in [0.25, 0.3) is 0 Å². The summed E-state index contributed by atoms with van der Waals surface area (Å²) < 4.78 is 0. The highest BCUT2D eigenvalue weighted by molar-refractivity contribution is 5.95. The van der Waals surface area contributed by atoms with E-state index < -0.39 is 5.66 Å². The molecule has 0 bridgehead atoms. The van der Waals surface area contributed by atoms with E-state index in [0.29, 0.717) is 12.5 Å². The zero-order valence-electron chi connectivity index (χ0n) is 12.8. The molecule has 1 aliphatic rings. The second kappa shape index (κ2) is 6.13. The molecule has 1 unspecified atom stereocenters. The molecular weight excluding hydrogens is 266 g/mol. The fourth-order valence-corrected chi connectivity index (χ4v) is 2.55. The topological polar surface area (TPSA) is 89.2 Å². The molecule has 6 heteroatoms. The van der Waals surface area contributed by atoms with Gasteiger partial charge in [-0.3, -0.25) is 4.84 Å². The molecule has 4 N–H and O–H groups in total. The molecule has 0 spiro atoms. The van der Waals surface area contributed by atoms with Gasteiger partial charge in [-0.1, -0.05) is 44.2 Å². The number of nitrogens with two attached hydrogens (primary N) is 2. The molecule has 1 atom stereocenters. The van der Waals surface area contributed by atoms with Crippen LogP contribution in [0.25, 0.3) is 0 Å². The molecule has 0 saturated carbocycles. The van der Waals surface area contributed by atoms with Crippen LogP contribution in [0, 0.1) is 5.92 Å². The van der Waals surface area contributed by atoms with Crippen LogP contribution in [0.2, 0.25) is 0 Å². The lowest BCUT2D eigenvalue weighted by Gasteiger charge is -2.40. The van der Waals surface area contributed by atoms with Crippen LogP contribution in [0.15, 0.2) is 40.3 Å². The first-order valence-electron chi connectivity index (χ1n) is 7.07. The van der Waals surface area contributed by atoms with Crippen LogP contribution in [-0.4, -0.2) is 22.6 Å². The molecule has 6 nitrogen and oxygen atoms in total. The van der Waals surface area contributed by atoms with Crippen LogP contribution in [0.5, 0.6) is 0 Å². The number of hydroxylamine groups is 2. The number of guanidine groups is 2. The molecule has 0 radical (unpaired) electrons. The minimum atomic E-state index is -0.640. The van der Waals surface area contributed by atoms with Gasteiger partial charge in [0.15, 0.2) is 5.66 Å². The maximum atomic E-state index is 5.97. The number of hydrogen-bond acceptors (Lipinski definition) is 6. The number of rotatable bonds is 5. The highest BCUT2D eigenvalue weighted by Gasteiger charge is 2.38. The molecule has 0 fully saturated rings. The number of hydrogen-bond donors (Lipinski definition) is 2. The first kappa shape index (κ1) is 15.3. The monoisotopic (exact) mass is 289 g/mol. The third-order valence-corrected chi connectivity index (χ3v) is 3.23. The number of nitrogens with zero attached hydrogens (tertiary/aromatic N) is 3. The van der Waals surface area contributed by atoms with E-state index in [-0.39, 0.29) is 11.9 Å². The predicted octanol–water partition coefficient (Wildman–Crippen LogP) is 1.83. The molecule has 1 heterocycles. The molecule has 114 valence electrons. The lowest BCUT2D eigenvalue weighted by molar-refractivity contribution is -0.176. The zero-order valence-corrected chi connectivity index (χ0v) is 12.8. The quantitative estimate of drug-likeness (QED) is 0.865. The van der Waals surface area contributed by atoms with E-state index in [9.17, 15) is 0 Å². The maximum Gasteiger partial charge on any atom is 0.226 e. The third-order valence-electron chi connectivity index (χ3n) is 3.23. The minimum Gasteiger partial charge on any atom is -0.368 e. The van der Waals surface area contributed by atoms with Crippen molar-refractivity contribution in [3.63, 3.8) is 0 Å². The van der Waals surface area contributed by atoms with Crippen molar-refractivity contribution in [1.82, 2.24) is 5.06 Å². The Morgan fingerprint density at radius 3 is 2.52 bits per heavy atom. The van der Waals surface area contributed by atoms with Gasteiger partial charge in [-0.2, -0.15) is 10.1 Å². The van der Waals surface area contributed by atoms with E-state index >= 15 is 0 Å². The van der Waals surface area contributed by atoms with Crippen LogP contribution < -0.4 is 11.5 Å². The Labute approximate surface area is 125 Å². The zero-order chi connectivity index (χ0) is 15.5. The van der Waals surface area contributed by atoms with E-state index in [0.717, 1.165) is 12.0 Å². The van der Waals surface area contributed by atoms with Gasteiger partial charge in [0.2, 0.25) is 11.9 Å². The smallest absolute Gasteiger partial charge is 0.226 e. The number of aliphatic imine (C=N–C) groups is 2. The summed E-state index contributed by atoms with van der Waals surface area (Å²) in [6.07, 6.45) is 0.763. The largest absolute Gasteiger partial charge is 0.368 e. The van der Waals surface area contributed by atoms with Gasteiger partial charge < -0.3 is 11.5 Å². The molecule has 0 aliphatic carbocycles. The van der Waals surface area contributed by atoms with Crippen LogP contribution >= 0.6 is 0 Å². The fourth-order valence-electron chi connectivity index (χ4n) is 2.55. The average Bonchev–Trinajstić information content (AvgIpc) is 2.37. The van der Waals surface area contributed by atoms with Gasteiger partial charge in [-0.25, -0.2) is 4.99 Å². The summed E-state index contributed by atoms with van der Waals surface area (Å²) in [6, 6.07) is 9.89. The molecular formula is C15H23N5O. The Hall–Kier alpha value is -2.08. The third kappa shape index (κ3) is 3.72. The summed E-state index contributed by atoms with van der Waals surface area (Å²) in [4.78, 5) is 14.3. The highest BCUT2D eigenvalue weighted by Crippen LogP contribution is 2.28. The normalized spacial score (nSPS) is 22.2. The molecule has 0 saturated heterocycles. The average molecular weight is 289 g/mol. The second-order valence-corrected chi connectivity index (χ2v) is 5.81. The van der Waals surface area contributed by atoms with E-state index in [1.54, 1.807) is 5.06 Å². The first-order valence-corrected chi connectivity index (χ1v) is 7.07. The summed E-state index contributed by atoms with van der Waals surface area (Å²) in [5.74, 6) is 0.845. The van der Waals surface area contributed by atoms with Crippen LogP contribution in [0.1, 0.15) is 32.8 Å². The summed E-state index contributed by atoms with van der Waals surface area (Å²) >= 11 is 0. The van der Waals surface area contributed by atoms with Crippen LogP contribution in [-0.2, 0) is 11.4 Å². The van der Waals surface area contributed by atoms with E-state index in [2.05, 4.69) is 23.8 Å². The van der Waals surface area contributed by atoms with Crippen molar-refractivity contribution in [3.05, 3.63) is 35.9 Å². The standard InChI is InChI=1S/C15H23N5O/c1-11(2)9-15(3)19-13(16)18-14(17)20(15)21-10-12-7-5-4-6-8-12/h4-8,11H,9-10H2,1-3H3,(H4,16,17,18,19).